The van der Waals surface area contributed by atoms with Gasteiger partial charge in [0.05, 0.1) is 18.2 Å². The van der Waals surface area contributed by atoms with Crippen LogP contribution in [0, 0.1) is 0 Å². The summed E-state index contributed by atoms with van der Waals surface area (Å²) in [6, 6.07) is 18.0. The average molecular weight is 511 g/mol. The summed E-state index contributed by atoms with van der Waals surface area (Å²) in [6.45, 7) is 0. The molecule has 36 heavy (non-hydrogen) atoms. The standard InChI is InChI=1S/C26H16F3NO5S/c1-34-15-11-12-16-18(13-15)30(14-7-3-2-4-8-14)24(32)20-21(31)23(25(33)35-22(16)20)36-19-10-6-5-9-17(19)26(27,28)29/h2-13,31H,1H3. The van der Waals surface area contributed by atoms with Crippen molar-refractivity contribution < 1.29 is 27.4 Å². The van der Waals surface area contributed by atoms with Gasteiger partial charge >= 0.3 is 11.8 Å². The van der Waals surface area contributed by atoms with E-state index in [9.17, 15) is 27.9 Å². The SMILES string of the molecule is COc1ccc2c3oc(=O)c(Sc4ccccc4C(F)(F)F)c(O)c3c(=O)n(-c3ccccc3)c2c1. The minimum absolute atomic E-state index is 0.180. The van der Waals surface area contributed by atoms with Gasteiger partial charge in [-0.2, -0.15) is 13.2 Å². The number of ether oxygens (including phenoxy) is 1. The molecule has 3 aromatic carbocycles. The number of fused-ring (bicyclic) bond motifs is 3. The number of hydrogen-bond acceptors (Lipinski definition) is 6. The normalized spacial score (nSPS) is 11.8. The molecule has 0 aliphatic carbocycles. The minimum atomic E-state index is -4.69. The first-order chi connectivity index (χ1) is 17.2. The summed E-state index contributed by atoms with van der Waals surface area (Å²) in [4.78, 5) is 25.8. The third-order valence-electron chi connectivity index (χ3n) is 5.59. The second-order valence-electron chi connectivity index (χ2n) is 7.73. The Labute approximate surface area is 205 Å². The van der Waals surface area contributed by atoms with Crippen LogP contribution in [0.25, 0.3) is 27.6 Å². The number of alkyl halides is 3. The summed E-state index contributed by atoms with van der Waals surface area (Å²) in [5, 5.41) is 11.1. The fourth-order valence-electron chi connectivity index (χ4n) is 3.96. The van der Waals surface area contributed by atoms with Gasteiger partial charge in [0.25, 0.3) is 5.56 Å². The summed E-state index contributed by atoms with van der Waals surface area (Å²) in [5.41, 5.74) is -2.14. The van der Waals surface area contributed by atoms with Crippen LogP contribution >= 0.6 is 11.8 Å². The quantitative estimate of drug-likeness (QED) is 0.299. The largest absolute Gasteiger partial charge is 0.505 e. The summed E-state index contributed by atoms with van der Waals surface area (Å²) in [7, 11) is 1.46. The van der Waals surface area contributed by atoms with E-state index in [2.05, 4.69) is 0 Å². The van der Waals surface area contributed by atoms with Gasteiger partial charge in [-0.15, -0.1) is 0 Å². The van der Waals surface area contributed by atoms with Crippen molar-refractivity contribution in [1.29, 1.82) is 0 Å². The molecule has 0 aliphatic heterocycles. The molecule has 182 valence electrons. The predicted octanol–water partition coefficient (Wildman–Crippen LogP) is 5.98. The molecular weight excluding hydrogens is 495 g/mol. The zero-order chi connectivity index (χ0) is 25.6. The lowest BCUT2D eigenvalue weighted by Crippen LogP contribution is -2.21. The zero-order valence-electron chi connectivity index (χ0n) is 18.5. The number of para-hydroxylation sites is 1. The molecule has 10 heteroatoms. The maximum absolute atomic E-state index is 13.7. The molecule has 6 nitrogen and oxygen atoms in total. The molecule has 0 unspecified atom stereocenters. The Hall–Kier alpha value is -4.18. The van der Waals surface area contributed by atoms with Crippen molar-refractivity contribution in [3.05, 3.63) is 99.1 Å². The lowest BCUT2D eigenvalue weighted by atomic mass is 10.1. The van der Waals surface area contributed by atoms with E-state index in [1.165, 1.54) is 29.9 Å². The van der Waals surface area contributed by atoms with Crippen molar-refractivity contribution in [2.75, 3.05) is 7.11 Å². The molecule has 0 spiro atoms. The van der Waals surface area contributed by atoms with Crippen molar-refractivity contribution in [2.24, 2.45) is 0 Å². The molecule has 0 aliphatic rings. The first-order valence-electron chi connectivity index (χ1n) is 10.5. The van der Waals surface area contributed by atoms with Crippen LogP contribution in [-0.2, 0) is 6.18 Å². The highest BCUT2D eigenvalue weighted by Crippen LogP contribution is 2.42. The Morgan fingerprint density at radius 3 is 2.36 bits per heavy atom. The van der Waals surface area contributed by atoms with Crippen molar-refractivity contribution in [1.82, 2.24) is 4.57 Å². The molecule has 0 amide bonds. The fourth-order valence-corrected chi connectivity index (χ4v) is 4.94. The molecule has 0 saturated carbocycles. The number of aromatic hydroxyl groups is 1. The molecule has 2 heterocycles. The van der Waals surface area contributed by atoms with Crippen LogP contribution in [0.4, 0.5) is 13.2 Å². The Balaban J connectivity index is 1.85. The maximum atomic E-state index is 13.7. The van der Waals surface area contributed by atoms with Crippen LogP contribution in [-0.4, -0.2) is 16.8 Å². The monoisotopic (exact) mass is 511 g/mol. The van der Waals surface area contributed by atoms with Crippen molar-refractivity contribution in [3.63, 3.8) is 0 Å². The number of halogens is 3. The molecule has 0 atom stereocenters. The van der Waals surface area contributed by atoms with Crippen molar-refractivity contribution in [2.45, 2.75) is 16.0 Å². The molecule has 5 aromatic rings. The highest BCUT2D eigenvalue weighted by Gasteiger charge is 2.34. The van der Waals surface area contributed by atoms with E-state index in [0.717, 1.165) is 6.07 Å². The molecule has 0 fully saturated rings. The van der Waals surface area contributed by atoms with Gasteiger partial charge in [0.2, 0.25) is 0 Å². The van der Waals surface area contributed by atoms with E-state index in [4.69, 9.17) is 9.15 Å². The molecular formula is C26H16F3NO5S. The summed E-state index contributed by atoms with van der Waals surface area (Å²) >= 11 is 0.387. The smallest absolute Gasteiger partial charge is 0.417 e. The van der Waals surface area contributed by atoms with Gasteiger partial charge in [0, 0.05) is 22.0 Å². The van der Waals surface area contributed by atoms with E-state index in [1.807, 2.05) is 0 Å². The van der Waals surface area contributed by atoms with Gasteiger partial charge in [0.15, 0.2) is 11.3 Å². The van der Waals surface area contributed by atoms with Crippen molar-refractivity contribution in [3.8, 4) is 17.2 Å². The highest BCUT2D eigenvalue weighted by atomic mass is 32.2. The number of aromatic nitrogens is 1. The fraction of sp³-hybridized carbons (Fsp3) is 0.0769. The number of rotatable bonds is 4. The van der Waals surface area contributed by atoms with Gasteiger partial charge in [-0.3, -0.25) is 9.36 Å². The Morgan fingerprint density at radius 2 is 1.67 bits per heavy atom. The lowest BCUT2D eigenvalue weighted by molar-refractivity contribution is -0.139. The Bertz CT molecular complexity index is 1740. The number of hydrogen-bond donors (Lipinski definition) is 1. The lowest BCUT2D eigenvalue weighted by Gasteiger charge is -2.15. The van der Waals surface area contributed by atoms with E-state index in [0.29, 0.717) is 34.1 Å². The van der Waals surface area contributed by atoms with Gasteiger partial charge < -0.3 is 14.3 Å². The second kappa shape index (κ2) is 8.80. The van der Waals surface area contributed by atoms with Crippen LogP contribution in [0.15, 0.2) is 96.6 Å². The molecule has 0 saturated heterocycles. The Kier molecular flexibility index (Phi) is 5.76. The summed E-state index contributed by atoms with van der Waals surface area (Å²) in [6.07, 6.45) is -4.69. The predicted molar refractivity (Wildman–Crippen MR) is 129 cm³/mol. The van der Waals surface area contributed by atoms with Crippen LogP contribution in [0.5, 0.6) is 11.5 Å². The van der Waals surface area contributed by atoms with Crippen molar-refractivity contribution >= 4 is 33.6 Å². The van der Waals surface area contributed by atoms with Crippen LogP contribution in [0.3, 0.4) is 0 Å². The number of pyridine rings is 1. The number of methoxy groups -OCH3 is 1. The highest BCUT2D eigenvalue weighted by molar-refractivity contribution is 7.99. The average Bonchev–Trinajstić information content (AvgIpc) is 2.86. The first kappa shape index (κ1) is 23.6. The number of benzene rings is 3. The van der Waals surface area contributed by atoms with Crippen LogP contribution in [0.1, 0.15) is 5.56 Å². The molecule has 0 bridgehead atoms. The van der Waals surface area contributed by atoms with Gasteiger partial charge in [-0.1, -0.05) is 42.1 Å². The van der Waals surface area contributed by atoms with E-state index in [-0.39, 0.29) is 15.9 Å². The van der Waals surface area contributed by atoms with Crippen LogP contribution < -0.4 is 15.9 Å². The van der Waals surface area contributed by atoms with E-state index < -0.39 is 33.6 Å². The first-order valence-corrected chi connectivity index (χ1v) is 11.3. The molecule has 1 N–H and O–H groups in total. The van der Waals surface area contributed by atoms with Gasteiger partial charge in [-0.25, -0.2) is 4.79 Å². The van der Waals surface area contributed by atoms with Crippen LogP contribution in [0.2, 0.25) is 0 Å². The Morgan fingerprint density at radius 1 is 0.972 bits per heavy atom. The third kappa shape index (κ3) is 3.89. The number of nitrogens with zero attached hydrogens (tertiary/aromatic N) is 1. The maximum Gasteiger partial charge on any atom is 0.417 e. The second-order valence-corrected chi connectivity index (χ2v) is 8.78. The minimum Gasteiger partial charge on any atom is -0.505 e. The molecule has 0 radical (unpaired) electrons. The van der Waals surface area contributed by atoms with Gasteiger partial charge in [0.1, 0.15) is 16.0 Å². The van der Waals surface area contributed by atoms with Gasteiger partial charge in [-0.05, 0) is 36.4 Å². The molecule has 2 aromatic heterocycles. The third-order valence-corrected chi connectivity index (χ3v) is 6.73. The zero-order valence-corrected chi connectivity index (χ0v) is 19.3. The molecule has 5 rings (SSSR count). The summed E-state index contributed by atoms with van der Waals surface area (Å²) < 4.78 is 52.6. The van der Waals surface area contributed by atoms with E-state index in [1.54, 1.807) is 48.5 Å². The van der Waals surface area contributed by atoms with E-state index >= 15 is 0 Å². The summed E-state index contributed by atoms with van der Waals surface area (Å²) in [5.74, 6) is -0.316. The topological polar surface area (TPSA) is 81.7 Å².